The summed E-state index contributed by atoms with van der Waals surface area (Å²) >= 11 is 1.77. The van der Waals surface area contributed by atoms with Crippen molar-refractivity contribution in [3.8, 4) is 0 Å². The van der Waals surface area contributed by atoms with E-state index in [1.54, 1.807) is 11.3 Å². The lowest BCUT2D eigenvalue weighted by atomic mass is 9.95. The Morgan fingerprint density at radius 2 is 1.96 bits per heavy atom. The van der Waals surface area contributed by atoms with E-state index in [-0.39, 0.29) is 23.9 Å². The molecule has 2 N–H and O–H groups in total. The lowest BCUT2D eigenvalue weighted by molar-refractivity contribution is -0.137. The van der Waals surface area contributed by atoms with E-state index in [0.717, 1.165) is 12.8 Å². The molecule has 0 bridgehead atoms. The molecular weight excluding hydrogens is 358 g/mol. The lowest BCUT2D eigenvalue weighted by Crippen LogP contribution is -2.54. The van der Waals surface area contributed by atoms with Crippen molar-refractivity contribution in [3.63, 3.8) is 0 Å². The van der Waals surface area contributed by atoms with E-state index in [2.05, 4.69) is 29.0 Å². The summed E-state index contributed by atoms with van der Waals surface area (Å²) in [4.78, 5) is 29.1. The van der Waals surface area contributed by atoms with Crippen molar-refractivity contribution in [1.29, 1.82) is 0 Å². The summed E-state index contributed by atoms with van der Waals surface area (Å²) < 4.78 is 0. The Morgan fingerprint density at radius 3 is 2.63 bits per heavy atom. The normalized spacial score (nSPS) is 17.3. The third-order valence-corrected chi connectivity index (χ3v) is 6.01. The van der Waals surface area contributed by atoms with Gasteiger partial charge in [0.25, 0.3) is 0 Å². The molecule has 6 heteroatoms. The number of anilines is 1. The number of fused-ring (bicyclic) bond motifs is 1. The van der Waals surface area contributed by atoms with Crippen LogP contribution in [0.1, 0.15) is 43.7 Å². The van der Waals surface area contributed by atoms with Crippen molar-refractivity contribution < 1.29 is 9.59 Å². The fourth-order valence-corrected chi connectivity index (χ4v) is 4.55. The van der Waals surface area contributed by atoms with Crippen molar-refractivity contribution in [1.82, 2.24) is 10.2 Å². The number of benzene rings is 1. The van der Waals surface area contributed by atoms with E-state index in [1.165, 1.54) is 10.4 Å². The first-order valence-electron chi connectivity index (χ1n) is 9.50. The average Bonchev–Trinajstić information content (AvgIpc) is 3.14. The molecule has 1 aliphatic rings. The van der Waals surface area contributed by atoms with E-state index in [1.807, 2.05) is 49.1 Å². The molecule has 0 saturated carbocycles. The molecule has 0 aliphatic carbocycles. The van der Waals surface area contributed by atoms with Gasteiger partial charge in [0.05, 0.1) is 6.04 Å². The molecule has 2 unspecified atom stereocenters. The van der Waals surface area contributed by atoms with E-state index in [0.29, 0.717) is 12.2 Å². The van der Waals surface area contributed by atoms with Crippen LogP contribution in [0.4, 0.5) is 10.5 Å². The number of hydrogen-bond acceptors (Lipinski definition) is 3. The van der Waals surface area contributed by atoms with Crippen LogP contribution >= 0.6 is 11.3 Å². The summed E-state index contributed by atoms with van der Waals surface area (Å²) in [7, 11) is 0. The van der Waals surface area contributed by atoms with Crippen LogP contribution in [0.2, 0.25) is 0 Å². The van der Waals surface area contributed by atoms with Crippen LogP contribution in [0.25, 0.3) is 0 Å². The van der Waals surface area contributed by atoms with E-state index >= 15 is 0 Å². The van der Waals surface area contributed by atoms with Gasteiger partial charge in [0.1, 0.15) is 6.04 Å². The predicted octanol–water partition coefficient (Wildman–Crippen LogP) is 4.43. The summed E-state index contributed by atoms with van der Waals surface area (Å²) in [6.07, 6.45) is 1.76. The molecule has 3 rings (SSSR count). The smallest absolute Gasteiger partial charge is 0.319 e. The molecular formula is C21H27N3O2S. The lowest BCUT2D eigenvalue weighted by Gasteiger charge is -2.38. The molecule has 1 aromatic carbocycles. The summed E-state index contributed by atoms with van der Waals surface area (Å²) in [5.74, 6) is -0.00249. The van der Waals surface area contributed by atoms with Crippen molar-refractivity contribution in [3.05, 3.63) is 52.2 Å². The standard InChI is InChI=1S/C21H27N3O2S/c1-4-17-16-11-13-27-18(16)10-12-24(17)20(25)19(14(2)3)23-21(26)22-15-8-6-5-7-9-15/h5-9,11,13-14,17,19H,4,10,12H2,1-3H3,(H2,22,23,26). The minimum absolute atomic E-state index is 0.000371. The highest BCUT2D eigenvalue weighted by molar-refractivity contribution is 7.10. The quantitative estimate of drug-likeness (QED) is 0.800. The van der Waals surface area contributed by atoms with Gasteiger partial charge in [0, 0.05) is 17.1 Å². The summed E-state index contributed by atoms with van der Waals surface area (Å²) in [5, 5.41) is 7.79. The molecule has 0 fully saturated rings. The number of thiophene rings is 1. The molecule has 2 atom stereocenters. The van der Waals surface area contributed by atoms with Gasteiger partial charge in [-0.3, -0.25) is 4.79 Å². The Balaban J connectivity index is 1.72. The molecule has 1 aliphatic heterocycles. The molecule has 144 valence electrons. The Bertz CT molecular complexity index is 788. The van der Waals surface area contributed by atoms with Crippen molar-refractivity contribution in [2.24, 2.45) is 5.92 Å². The van der Waals surface area contributed by atoms with Gasteiger partial charge in [-0.2, -0.15) is 0 Å². The van der Waals surface area contributed by atoms with Crippen molar-refractivity contribution in [2.45, 2.75) is 45.7 Å². The zero-order chi connectivity index (χ0) is 19.4. The SMILES string of the molecule is CCC1c2ccsc2CCN1C(=O)C(NC(=O)Nc1ccccc1)C(C)C. The van der Waals surface area contributed by atoms with E-state index < -0.39 is 6.04 Å². The number of nitrogens with zero attached hydrogens (tertiary/aromatic N) is 1. The van der Waals surface area contributed by atoms with Gasteiger partial charge in [-0.1, -0.05) is 39.0 Å². The number of urea groups is 1. The monoisotopic (exact) mass is 385 g/mol. The third-order valence-electron chi connectivity index (χ3n) is 5.02. The number of rotatable bonds is 5. The van der Waals surface area contributed by atoms with Crippen LogP contribution in [-0.2, 0) is 11.2 Å². The first-order chi connectivity index (χ1) is 13.0. The van der Waals surface area contributed by atoms with E-state index in [4.69, 9.17) is 0 Å². The van der Waals surface area contributed by atoms with Crippen LogP contribution < -0.4 is 10.6 Å². The highest BCUT2D eigenvalue weighted by Gasteiger charge is 2.35. The number of hydrogen-bond donors (Lipinski definition) is 2. The Hall–Kier alpha value is -2.34. The fraction of sp³-hybridized carbons (Fsp3) is 0.429. The average molecular weight is 386 g/mol. The second-order valence-electron chi connectivity index (χ2n) is 7.19. The maximum absolute atomic E-state index is 13.3. The summed E-state index contributed by atoms with van der Waals surface area (Å²) in [6.45, 7) is 6.74. The summed E-state index contributed by atoms with van der Waals surface area (Å²) in [6, 6.07) is 10.6. The first-order valence-corrected chi connectivity index (χ1v) is 10.4. The van der Waals surface area contributed by atoms with Crippen LogP contribution in [0, 0.1) is 5.92 Å². The Labute approximate surface area is 164 Å². The second-order valence-corrected chi connectivity index (χ2v) is 8.19. The second kappa shape index (κ2) is 8.57. The van der Waals surface area contributed by atoms with Gasteiger partial charge < -0.3 is 15.5 Å². The Morgan fingerprint density at radius 1 is 1.22 bits per heavy atom. The molecule has 0 radical (unpaired) electrons. The number of carbonyl (C=O) groups is 2. The van der Waals surface area contributed by atoms with Gasteiger partial charge >= 0.3 is 6.03 Å². The van der Waals surface area contributed by atoms with Crippen LogP contribution in [-0.4, -0.2) is 29.4 Å². The molecule has 5 nitrogen and oxygen atoms in total. The predicted molar refractivity (Wildman–Crippen MR) is 110 cm³/mol. The van der Waals surface area contributed by atoms with Crippen molar-refractivity contribution in [2.75, 3.05) is 11.9 Å². The molecule has 2 heterocycles. The third kappa shape index (κ3) is 4.33. The molecule has 0 saturated heterocycles. The maximum Gasteiger partial charge on any atom is 0.319 e. The molecule has 3 amide bonds. The van der Waals surface area contributed by atoms with Gasteiger partial charge in [0.2, 0.25) is 5.91 Å². The van der Waals surface area contributed by atoms with Crippen molar-refractivity contribution >= 4 is 29.0 Å². The van der Waals surface area contributed by atoms with E-state index in [9.17, 15) is 9.59 Å². The zero-order valence-electron chi connectivity index (χ0n) is 16.1. The summed E-state index contributed by atoms with van der Waals surface area (Å²) in [5.41, 5.74) is 1.97. The van der Waals surface area contributed by atoms with Gasteiger partial charge in [-0.25, -0.2) is 4.79 Å². The molecule has 1 aromatic heterocycles. The Kier molecular flexibility index (Phi) is 6.16. The first kappa shape index (κ1) is 19.4. The van der Waals surface area contributed by atoms with Crippen LogP contribution in [0.5, 0.6) is 0 Å². The van der Waals surface area contributed by atoms with Crippen LogP contribution in [0.15, 0.2) is 41.8 Å². The molecule has 27 heavy (non-hydrogen) atoms. The minimum Gasteiger partial charge on any atom is -0.333 e. The number of carbonyl (C=O) groups excluding carboxylic acids is 2. The van der Waals surface area contributed by atoms with Gasteiger partial charge in [0.15, 0.2) is 0 Å². The number of amides is 3. The van der Waals surface area contributed by atoms with Crippen LogP contribution in [0.3, 0.4) is 0 Å². The highest BCUT2D eigenvalue weighted by atomic mass is 32.1. The topological polar surface area (TPSA) is 61.4 Å². The van der Waals surface area contributed by atoms with Gasteiger partial charge in [-0.05, 0) is 47.9 Å². The maximum atomic E-state index is 13.3. The van der Waals surface area contributed by atoms with Gasteiger partial charge in [-0.15, -0.1) is 11.3 Å². The fourth-order valence-electron chi connectivity index (χ4n) is 3.62. The molecule has 2 aromatic rings. The highest BCUT2D eigenvalue weighted by Crippen LogP contribution is 2.35. The zero-order valence-corrected chi connectivity index (χ0v) is 16.9. The molecule has 0 spiro atoms. The number of nitrogens with one attached hydrogen (secondary N) is 2. The minimum atomic E-state index is -0.553. The largest absolute Gasteiger partial charge is 0.333 e. The number of para-hydroxylation sites is 1.